The van der Waals surface area contributed by atoms with Gasteiger partial charge in [-0.05, 0) is 13.8 Å². The number of carbonyl (C=O) groups excluding carboxylic acids is 2. The molecular weight excluding hydrogens is 242 g/mol. The molecule has 0 aliphatic carbocycles. The Hall–Kier alpha value is -0.750. The minimum atomic E-state index is -0.357. The Bertz CT molecular complexity index is 236. The summed E-state index contributed by atoms with van der Waals surface area (Å²) in [6.45, 7) is 5.11. The zero-order valence-electron chi connectivity index (χ0n) is 10.7. The summed E-state index contributed by atoms with van der Waals surface area (Å²) < 4.78 is 9.69. The minimum Gasteiger partial charge on any atom is -0.465 e. The standard InChI is InChI=1S/C11H21NO4S/c1-4-12(8-11(14)16-5-2)10(13)9-17-7-6-15-3/h4-9H2,1-3H3. The van der Waals surface area contributed by atoms with Crippen LogP contribution in [0.25, 0.3) is 0 Å². The monoisotopic (exact) mass is 263 g/mol. The van der Waals surface area contributed by atoms with Crippen LogP contribution in [0, 0.1) is 0 Å². The summed E-state index contributed by atoms with van der Waals surface area (Å²) >= 11 is 1.50. The lowest BCUT2D eigenvalue weighted by Gasteiger charge is -2.19. The molecule has 0 atom stereocenters. The molecule has 100 valence electrons. The summed E-state index contributed by atoms with van der Waals surface area (Å²) in [6.07, 6.45) is 0. The SMILES string of the molecule is CCOC(=O)CN(CC)C(=O)CSCCOC. The van der Waals surface area contributed by atoms with Gasteiger partial charge < -0.3 is 14.4 Å². The summed E-state index contributed by atoms with van der Waals surface area (Å²) in [7, 11) is 1.63. The molecule has 0 radical (unpaired) electrons. The fourth-order valence-corrected chi connectivity index (χ4v) is 1.92. The molecule has 0 bridgehead atoms. The van der Waals surface area contributed by atoms with Gasteiger partial charge >= 0.3 is 5.97 Å². The molecular formula is C11H21NO4S. The van der Waals surface area contributed by atoms with Gasteiger partial charge in [-0.25, -0.2) is 0 Å². The first kappa shape index (κ1) is 16.2. The third-order valence-electron chi connectivity index (χ3n) is 2.02. The summed E-state index contributed by atoms with van der Waals surface area (Å²) in [5.41, 5.74) is 0. The fraction of sp³-hybridized carbons (Fsp3) is 0.818. The molecule has 1 amide bonds. The van der Waals surface area contributed by atoms with Gasteiger partial charge in [-0.2, -0.15) is 0 Å². The van der Waals surface area contributed by atoms with Crippen molar-refractivity contribution in [1.29, 1.82) is 0 Å². The third-order valence-corrected chi connectivity index (χ3v) is 2.92. The molecule has 6 heteroatoms. The molecule has 0 rings (SSSR count). The summed E-state index contributed by atoms with van der Waals surface area (Å²) in [5.74, 6) is 0.752. The highest BCUT2D eigenvalue weighted by molar-refractivity contribution is 7.99. The van der Waals surface area contributed by atoms with Crippen LogP contribution >= 0.6 is 11.8 Å². The van der Waals surface area contributed by atoms with E-state index >= 15 is 0 Å². The number of hydrogen-bond donors (Lipinski definition) is 0. The van der Waals surface area contributed by atoms with Gasteiger partial charge in [0.05, 0.1) is 19.0 Å². The average Bonchev–Trinajstić information content (AvgIpc) is 2.31. The van der Waals surface area contributed by atoms with Crippen molar-refractivity contribution < 1.29 is 19.1 Å². The van der Waals surface area contributed by atoms with Gasteiger partial charge in [0.1, 0.15) is 6.54 Å². The molecule has 0 saturated carbocycles. The molecule has 0 N–H and O–H groups in total. The van der Waals surface area contributed by atoms with Crippen molar-refractivity contribution in [1.82, 2.24) is 4.90 Å². The highest BCUT2D eigenvalue weighted by atomic mass is 32.2. The van der Waals surface area contributed by atoms with Crippen molar-refractivity contribution >= 4 is 23.6 Å². The first-order valence-electron chi connectivity index (χ1n) is 5.65. The average molecular weight is 263 g/mol. The van der Waals surface area contributed by atoms with Crippen molar-refractivity contribution in [2.24, 2.45) is 0 Å². The molecule has 5 nitrogen and oxygen atoms in total. The van der Waals surface area contributed by atoms with Gasteiger partial charge in [-0.1, -0.05) is 0 Å². The number of hydrogen-bond acceptors (Lipinski definition) is 5. The van der Waals surface area contributed by atoms with Crippen molar-refractivity contribution in [3.05, 3.63) is 0 Å². The van der Waals surface area contributed by atoms with Crippen molar-refractivity contribution in [3.8, 4) is 0 Å². The highest BCUT2D eigenvalue weighted by Crippen LogP contribution is 2.03. The van der Waals surface area contributed by atoms with Gasteiger partial charge in [0.15, 0.2) is 0 Å². The maximum absolute atomic E-state index is 11.7. The summed E-state index contributed by atoms with van der Waals surface area (Å²) in [5, 5.41) is 0. The van der Waals surface area contributed by atoms with E-state index in [9.17, 15) is 9.59 Å². The largest absolute Gasteiger partial charge is 0.465 e. The normalized spacial score (nSPS) is 10.1. The lowest BCUT2D eigenvalue weighted by atomic mass is 10.4. The molecule has 17 heavy (non-hydrogen) atoms. The van der Waals surface area contributed by atoms with E-state index in [1.165, 1.54) is 16.7 Å². The quantitative estimate of drug-likeness (QED) is 0.454. The number of likely N-dealkylation sites (N-methyl/N-ethyl adjacent to an activating group) is 1. The Morgan fingerprint density at radius 2 is 2.00 bits per heavy atom. The van der Waals surface area contributed by atoms with E-state index in [1.54, 1.807) is 14.0 Å². The van der Waals surface area contributed by atoms with Gasteiger partial charge in [0.25, 0.3) is 0 Å². The zero-order valence-corrected chi connectivity index (χ0v) is 11.5. The third kappa shape index (κ3) is 8.04. The topological polar surface area (TPSA) is 55.8 Å². The number of esters is 1. The first-order valence-corrected chi connectivity index (χ1v) is 6.81. The van der Waals surface area contributed by atoms with E-state index in [-0.39, 0.29) is 18.4 Å². The smallest absolute Gasteiger partial charge is 0.325 e. The molecule has 0 spiro atoms. The first-order chi connectivity index (χ1) is 8.15. The number of thioether (sulfide) groups is 1. The molecule has 0 unspecified atom stereocenters. The van der Waals surface area contributed by atoms with E-state index < -0.39 is 0 Å². The van der Waals surface area contributed by atoms with Gasteiger partial charge in [-0.3, -0.25) is 9.59 Å². The Kier molecular flexibility index (Phi) is 9.95. The second-order valence-corrected chi connectivity index (χ2v) is 4.36. The number of carbonyl (C=O) groups is 2. The van der Waals surface area contributed by atoms with Crippen LogP contribution in [0.2, 0.25) is 0 Å². The van der Waals surface area contributed by atoms with E-state index in [1.807, 2.05) is 6.92 Å². The van der Waals surface area contributed by atoms with Crippen LogP contribution in [0.4, 0.5) is 0 Å². The van der Waals surface area contributed by atoms with Crippen LogP contribution in [0.3, 0.4) is 0 Å². The second-order valence-electron chi connectivity index (χ2n) is 3.26. The van der Waals surface area contributed by atoms with Crippen molar-refractivity contribution in [3.63, 3.8) is 0 Å². The lowest BCUT2D eigenvalue weighted by Crippen LogP contribution is -2.37. The van der Waals surface area contributed by atoms with E-state index in [2.05, 4.69) is 0 Å². The van der Waals surface area contributed by atoms with Crippen LogP contribution in [0.15, 0.2) is 0 Å². The summed E-state index contributed by atoms with van der Waals surface area (Å²) in [6, 6.07) is 0. The van der Waals surface area contributed by atoms with Crippen molar-refractivity contribution in [2.45, 2.75) is 13.8 Å². The number of methoxy groups -OCH3 is 1. The molecule has 0 aliphatic rings. The maximum atomic E-state index is 11.7. The Morgan fingerprint density at radius 3 is 2.53 bits per heavy atom. The van der Waals surface area contributed by atoms with Crippen LogP contribution in [-0.4, -0.2) is 61.7 Å². The van der Waals surface area contributed by atoms with Crippen LogP contribution in [0.1, 0.15) is 13.8 Å². The van der Waals surface area contributed by atoms with Crippen LogP contribution < -0.4 is 0 Å². The van der Waals surface area contributed by atoms with E-state index in [0.717, 1.165) is 5.75 Å². The highest BCUT2D eigenvalue weighted by Gasteiger charge is 2.15. The maximum Gasteiger partial charge on any atom is 0.325 e. The minimum absolute atomic E-state index is 0.0357. The van der Waals surface area contributed by atoms with E-state index in [4.69, 9.17) is 9.47 Å². The van der Waals surface area contributed by atoms with Gasteiger partial charge in [0.2, 0.25) is 5.91 Å². The van der Waals surface area contributed by atoms with E-state index in [0.29, 0.717) is 25.5 Å². The number of rotatable bonds is 9. The number of ether oxygens (including phenoxy) is 2. The molecule has 0 aromatic carbocycles. The predicted octanol–water partition coefficient (Wildman–Crippen LogP) is 0.778. The lowest BCUT2D eigenvalue weighted by molar-refractivity contribution is -0.148. The Morgan fingerprint density at radius 1 is 1.29 bits per heavy atom. The molecule has 0 aromatic rings. The van der Waals surface area contributed by atoms with Gasteiger partial charge in [-0.15, -0.1) is 11.8 Å². The second kappa shape index (κ2) is 10.4. The van der Waals surface area contributed by atoms with Crippen LogP contribution in [0.5, 0.6) is 0 Å². The molecule has 0 aliphatic heterocycles. The Balaban J connectivity index is 3.90. The molecule has 0 aromatic heterocycles. The molecule has 0 saturated heterocycles. The Labute approximate surface area is 107 Å². The number of nitrogens with zero attached hydrogens (tertiary/aromatic N) is 1. The fourth-order valence-electron chi connectivity index (χ4n) is 1.13. The van der Waals surface area contributed by atoms with Crippen molar-refractivity contribution in [2.75, 3.05) is 44.9 Å². The van der Waals surface area contributed by atoms with Crippen LogP contribution in [-0.2, 0) is 19.1 Å². The summed E-state index contributed by atoms with van der Waals surface area (Å²) in [4.78, 5) is 24.5. The molecule has 0 fully saturated rings. The zero-order chi connectivity index (χ0) is 13.1. The molecule has 0 heterocycles. The number of amides is 1. The predicted molar refractivity (Wildman–Crippen MR) is 68.1 cm³/mol. The van der Waals surface area contributed by atoms with Gasteiger partial charge in [0, 0.05) is 19.4 Å².